The number of allylic oxidation sites excluding steroid dienone is 4. The molecule has 4 nitrogen and oxygen atoms in total. The van der Waals surface area contributed by atoms with E-state index in [-0.39, 0.29) is 22.6 Å². The fraction of sp³-hybridized carbons (Fsp3) is 0.304. The second-order valence-corrected chi connectivity index (χ2v) is 13.3. The van der Waals surface area contributed by atoms with Crippen LogP contribution < -0.4 is 0 Å². The molecule has 0 fully saturated rings. The number of benzene rings is 2. The van der Waals surface area contributed by atoms with Crippen molar-refractivity contribution in [3.63, 3.8) is 0 Å². The summed E-state index contributed by atoms with van der Waals surface area (Å²) < 4.78 is 53.0. The van der Waals surface area contributed by atoms with Gasteiger partial charge in [0.15, 0.2) is 0 Å². The van der Waals surface area contributed by atoms with Crippen LogP contribution in [0, 0.1) is 10.8 Å². The van der Waals surface area contributed by atoms with Crippen molar-refractivity contribution in [3.05, 3.63) is 80.5 Å². The molecule has 0 aromatic heterocycles. The van der Waals surface area contributed by atoms with Gasteiger partial charge in [-0.1, -0.05) is 49.2 Å². The van der Waals surface area contributed by atoms with Crippen LogP contribution in [-0.2, 0) is 19.7 Å². The highest BCUT2D eigenvalue weighted by Crippen LogP contribution is 2.63. The Morgan fingerprint density at radius 1 is 0.742 bits per heavy atom. The molecular formula is C23H22Cl2O4S2. The lowest BCUT2D eigenvalue weighted by Crippen LogP contribution is -2.29. The molecule has 8 heteroatoms. The van der Waals surface area contributed by atoms with Crippen molar-refractivity contribution in [1.29, 1.82) is 0 Å². The maximum absolute atomic E-state index is 13.2. The van der Waals surface area contributed by atoms with Crippen LogP contribution in [0.3, 0.4) is 0 Å². The summed E-state index contributed by atoms with van der Waals surface area (Å²) in [5, 5.41) is 0.932. The molecule has 0 bridgehead atoms. The number of hydrogen-bond acceptors (Lipinski definition) is 4. The highest BCUT2D eigenvalue weighted by Gasteiger charge is 2.56. The zero-order chi connectivity index (χ0) is 22.7. The Balaban J connectivity index is 1.72. The van der Waals surface area contributed by atoms with Gasteiger partial charge in [0, 0.05) is 30.7 Å². The van der Waals surface area contributed by atoms with E-state index in [1.165, 1.54) is 24.3 Å². The van der Waals surface area contributed by atoms with Crippen LogP contribution in [0.25, 0.3) is 0 Å². The first-order chi connectivity index (χ1) is 14.4. The van der Waals surface area contributed by atoms with Crippen molar-refractivity contribution in [2.75, 3.05) is 0 Å². The van der Waals surface area contributed by atoms with Crippen molar-refractivity contribution in [1.82, 2.24) is 0 Å². The van der Waals surface area contributed by atoms with E-state index in [1.807, 2.05) is 13.8 Å². The summed E-state index contributed by atoms with van der Waals surface area (Å²) in [7, 11) is -7.37. The van der Waals surface area contributed by atoms with E-state index in [1.54, 1.807) is 36.4 Å². The standard InChI is InChI=1S/C23H22Cl2O4S2/c1-3-23-14-20(30(26,27)18-8-4-16(24)5-9-18)12-22(23,2)13-21(15-23)31(28,29)19-10-6-17(25)7-11-19/h4-12,15H,3,13-14H2,1-2H3/t22-,23-/m1/s1. The maximum Gasteiger partial charge on any atom is 0.202 e. The smallest absolute Gasteiger partial charge is 0.202 e. The molecule has 2 aromatic rings. The Kier molecular flexibility index (Phi) is 5.45. The third-order valence-corrected chi connectivity index (χ3v) is 10.8. The summed E-state index contributed by atoms with van der Waals surface area (Å²) in [5.74, 6) is 0. The van der Waals surface area contributed by atoms with Crippen molar-refractivity contribution in [2.24, 2.45) is 10.8 Å². The van der Waals surface area contributed by atoms with Gasteiger partial charge in [-0.05, 0) is 67.8 Å². The summed E-state index contributed by atoms with van der Waals surface area (Å²) in [4.78, 5) is 1.05. The average molecular weight is 497 g/mol. The van der Waals surface area contributed by atoms with E-state index >= 15 is 0 Å². The largest absolute Gasteiger partial charge is 0.219 e. The van der Waals surface area contributed by atoms with Crippen LogP contribution in [0.5, 0.6) is 0 Å². The first-order valence-corrected chi connectivity index (χ1v) is 13.6. The minimum Gasteiger partial charge on any atom is -0.219 e. The summed E-state index contributed by atoms with van der Waals surface area (Å²) in [6, 6.07) is 12.2. The highest BCUT2D eigenvalue weighted by molar-refractivity contribution is 7.95. The van der Waals surface area contributed by atoms with E-state index in [2.05, 4.69) is 0 Å². The first kappa shape index (κ1) is 22.6. The van der Waals surface area contributed by atoms with Crippen molar-refractivity contribution in [2.45, 2.75) is 42.9 Å². The second kappa shape index (κ2) is 7.48. The quantitative estimate of drug-likeness (QED) is 0.492. The third-order valence-electron chi connectivity index (χ3n) is 6.65. The molecular weight excluding hydrogens is 475 g/mol. The molecule has 2 aliphatic carbocycles. The summed E-state index contributed by atoms with van der Waals surface area (Å²) in [5.41, 5.74) is -1.18. The van der Waals surface area contributed by atoms with Crippen LogP contribution in [-0.4, -0.2) is 16.8 Å². The van der Waals surface area contributed by atoms with E-state index in [0.717, 1.165) is 0 Å². The summed E-state index contributed by atoms with van der Waals surface area (Å²) in [6.45, 7) is 3.92. The molecule has 164 valence electrons. The lowest BCUT2D eigenvalue weighted by Gasteiger charge is -2.36. The van der Waals surface area contributed by atoms with E-state index in [9.17, 15) is 16.8 Å². The molecule has 2 aromatic carbocycles. The van der Waals surface area contributed by atoms with Crippen molar-refractivity contribution in [3.8, 4) is 0 Å². The van der Waals surface area contributed by atoms with Gasteiger partial charge in [-0.25, -0.2) is 16.8 Å². The molecule has 31 heavy (non-hydrogen) atoms. The molecule has 0 spiro atoms. The fourth-order valence-corrected chi connectivity index (χ4v) is 8.31. The number of sulfone groups is 2. The topological polar surface area (TPSA) is 68.3 Å². The molecule has 0 heterocycles. The van der Waals surface area contributed by atoms with Gasteiger partial charge < -0.3 is 0 Å². The van der Waals surface area contributed by atoms with Crippen LogP contribution in [0.2, 0.25) is 10.0 Å². The first-order valence-electron chi connectivity index (χ1n) is 9.88. The van der Waals surface area contributed by atoms with Gasteiger partial charge in [0.05, 0.1) is 9.79 Å². The molecule has 0 radical (unpaired) electrons. The minimum atomic E-state index is -3.68. The predicted molar refractivity (Wildman–Crippen MR) is 124 cm³/mol. The molecule has 2 aliphatic rings. The van der Waals surface area contributed by atoms with Gasteiger partial charge in [-0.3, -0.25) is 0 Å². The highest BCUT2D eigenvalue weighted by atomic mass is 35.5. The van der Waals surface area contributed by atoms with Crippen molar-refractivity contribution < 1.29 is 16.8 Å². The molecule has 0 saturated heterocycles. The number of hydrogen-bond donors (Lipinski definition) is 0. The van der Waals surface area contributed by atoms with Crippen LogP contribution in [0.15, 0.2) is 80.3 Å². The van der Waals surface area contributed by atoms with E-state index < -0.39 is 30.5 Å². The fourth-order valence-electron chi connectivity index (χ4n) is 4.73. The third kappa shape index (κ3) is 3.58. The molecule has 0 saturated carbocycles. The van der Waals surface area contributed by atoms with Gasteiger partial charge in [0.1, 0.15) is 0 Å². The van der Waals surface area contributed by atoms with Crippen LogP contribution in [0.4, 0.5) is 0 Å². The van der Waals surface area contributed by atoms with E-state index in [4.69, 9.17) is 23.2 Å². The Morgan fingerprint density at radius 3 is 1.55 bits per heavy atom. The summed E-state index contributed by atoms with van der Waals surface area (Å²) in [6.07, 6.45) is 4.70. The molecule has 2 atom stereocenters. The molecule has 0 N–H and O–H groups in total. The Morgan fingerprint density at radius 2 is 1.16 bits per heavy atom. The Labute approximate surface area is 193 Å². The van der Waals surface area contributed by atoms with Gasteiger partial charge >= 0.3 is 0 Å². The second-order valence-electron chi connectivity index (χ2n) is 8.42. The summed E-state index contributed by atoms with van der Waals surface area (Å²) >= 11 is 11.8. The molecule has 0 aliphatic heterocycles. The number of fused-ring (bicyclic) bond motifs is 1. The Hall–Kier alpha value is -1.60. The van der Waals surface area contributed by atoms with Gasteiger partial charge in [-0.2, -0.15) is 0 Å². The maximum atomic E-state index is 13.2. The lowest BCUT2D eigenvalue weighted by atomic mass is 9.67. The van der Waals surface area contributed by atoms with Gasteiger partial charge in [0.25, 0.3) is 0 Å². The molecule has 0 amide bonds. The molecule has 4 rings (SSSR count). The SMILES string of the molecule is CC[C@@]12C=C(S(=O)(=O)c3ccc(Cl)cc3)C[C@@]1(C)C=C(S(=O)(=O)c1ccc(Cl)cc1)C2. The molecule has 0 unspecified atom stereocenters. The van der Waals surface area contributed by atoms with Crippen LogP contribution in [0.1, 0.15) is 33.1 Å². The van der Waals surface area contributed by atoms with E-state index in [0.29, 0.717) is 26.3 Å². The van der Waals surface area contributed by atoms with Crippen molar-refractivity contribution >= 4 is 42.9 Å². The zero-order valence-corrected chi connectivity index (χ0v) is 20.2. The number of halogens is 2. The average Bonchev–Trinajstić information content (AvgIpc) is 3.17. The zero-order valence-electron chi connectivity index (χ0n) is 17.1. The Bertz CT molecular complexity index is 1310. The van der Waals surface area contributed by atoms with Gasteiger partial charge in [0.2, 0.25) is 19.7 Å². The lowest BCUT2D eigenvalue weighted by molar-refractivity contribution is 0.196. The normalized spacial score (nSPS) is 25.8. The monoisotopic (exact) mass is 496 g/mol. The van der Waals surface area contributed by atoms with Gasteiger partial charge in [-0.15, -0.1) is 0 Å². The predicted octanol–water partition coefficient (Wildman–Crippen LogP) is 6.22. The number of rotatable bonds is 5. The minimum absolute atomic E-state index is 0.191. The van der Waals surface area contributed by atoms with Crippen LogP contribution >= 0.6 is 23.2 Å².